The van der Waals surface area contributed by atoms with E-state index in [2.05, 4.69) is 53.9 Å². The zero-order chi connectivity index (χ0) is 63.6. The Hall–Kier alpha value is -6.98. The predicted octanol–water partition coefficient (Wildman–Crippen LogP) is 4.33. The maximum Gasteiger partial charge on any atom is 0.399 e. The minimum absolute atomic E-state index is 0.0132. The number of nitrogens with one attached hydrogen (secondary N) is 4. The van der Waals surface area contributed by atoms with Crippen molar-refractivity contribution in [3.63, 3.8) is 0 Å². The van der Waals surface area contributed by atoms with Crippen molar-refractivity contribution in [1.29, 1.82) is 0 Å². The number of sulfonamides is 1. The third kappa shape index (κ3) is 15.0. The average molecular weight is 1270 g/mol. The highest BCUT2D eigenvalue weighted by atomic mass is 32.2. The summed E-state index contributed by atoms with van der Waals surface area (Å²) in [5.74, 6) is 1.44. The normalized spacial score (nSPS) is 21.4. The molecule has 8 amide bonds. The van der Waals surface area contributed by atoms with Crippen molar-refractivity contribution < 1.29 is 69.9 Å². The zero-order valence-corrected chi connectivity index (χ0v) is 51.9. The summed E-state index contributed by atoms with van der Waals surface area (Å²) < 4.78 is 66.2. The number of alkyl halides is 2. The number of imide groups is 1. The predicted molar refractivity (Wildman–Crippen MR) is 323 cm³/mol. The number of likely N-dealkylation sites (tertiary alicyclic amines) is 1. The summed E-state index contributed by atoms with van der Waals surface area (Å²) in [5.41, 5.74) is -1.97. The number of primary sulfonamides is 1. The first kappa shape index (κ1) is 65.5. The number of rotatable bonds is 18. The fraction of sp³-hybridized carbons (Fsp3) is 0.508. The number of hydrogen-bond donors (Lipinski definition) is 7. The summed E-state index contributed by atoms with van der Waals surface area (Å²) >= 11 is 0.910. The Balaban J connectivity index is 0.875. The van der Waals surface area contributed by atoms with Crippen LogP contribution in [0.2, 0.25) is 0 Å². The molecule has 4 saturated heterocycles. The molecule has 5 aliphatic rings. The number of halogens is 2. The van der Waals surface area contributed by atoms with E-state index in [1.54, 1.807) is 17.0 Å². The van der Waals surface area contributed by atoms with E-state index in [1.165, 1.54) is 21.9 Å². The van der Waals surface area contributed by atoms with E-state index in [0.717, 1.165) is 46.6 Å². The van der Waals surface area contributed by atoms with E-state index in [9.17, 15) is 69.9 Å². The van der Waals surface area contributed by atoms with Gasteiger partial charge in [0.15, 0.2) is 0 Å². The molecule has 6 heterocycles. The van der Waals surface area contributed by atoms with Gasteiger partial charge < -0.3 is 45.3 Å². The fourth-order valence-electron chi connectivity index (χ4n) is 12.3. The molecule has 0 radical (unpaired) electrons. The highest BCUT2D eigenvalue weighted by Gasteiger charge is 2.51. The molecule has 0 spiro atoms. The van der Waals surface area contributed by atoms with Crippen molar-refractivity contribution in [3.8, 4) is 11.8 Å². The molecule has 9 rings (SSSR count). The highest BCUT2D eigenvalue weighted by molar-refractivity contribution is 7.89. The van der Waals surface area contributed by atoms with E-state index < -0.39 is 107 Å². The molecule has 5 aliphatic heterocycles. The van der Waals surface area contributed by atoms with Gasteiger partial charge in [-0.25, -0.2) is 13.6 Å². The van der Waals surface area contributed by atoms with Crippen LogP contribution in [0.3, 0.4) is 0 Å². The van der Waals surface area contributed by atoms with Crippen LogP contribution in [0.15, 0.2) is 66.7 Å². The Bertz CT molecular complexity index is 3630. The summed E-state index contributed by atoms with van der Waals surface area (Å²) in [6, 6.07) is 10.8. The van der Waals surface area contributed by atoms with Crippen LogP contribution in [0.5, 0.6) is 0 Å². The van der Waals surface area contributed by atoms with Gasteiger partial charge in [0.25, 0.3) is 11.8 Å². The van der Waals surface area contributed by atoms with Gasteiger partial charge in [-0.1, -0.05) is 75.9 Å². The van der Waals surface area contributed by atoms with Crippen molar-refractivity contribution in [3.05, 3.63) is 105 Å². The minimum atomic E-state index is -5.89. The molecule has 4 fully saturated rings. The van der Waals surface area contributed by atoms with Crippen LogP contribution in [-0.4, -0.2) is 160 Å². The topological polar surface area (TPSA) is 315 Å². The van der Waals surface area contributed by atoms with Crippen molar-refractivity contribution >= 4 is 86.3 Å². The monoisotopic (exact) mass is 1270 g/mol. The largest absolute Gasteiger partial charge is 0.399 e. The third-order valence-electron chi connectivity index (χ3n) is 17.4. The summed E-state index contributed by atoms with van der Waals surface area (Å²) in [5, 5.41) is 16.2. The first-order valence-electron chi connectivity index (χ1n) is 29.6. The van der Waals surface area contributed by atoms with Gasteiger partial charge in [0, 0.05) is 79.4 Å². The molecule has 472 valence electrons. The van der Waals surface area contributed by atoms with Gasteiger partial charge >= 0.3 is 13.3 Å². The lowest BCUT2D eigenvalue weighted by Gasteiger charge is -2.38. The van der Waals surface area contributed by atoms with Gasteiger partial charge in [0.2, 0.25) is 45.5 Å². The number of amides is 8. The Morgan fingerprint density at radius 3 is 2.28 bits per heavy atom. The van der Waals surface area contributed by atoms with Crippen LogP contribution in [0.4, 0.5) is 8.78 Å². The summed E-state index contributed by atoms with van der Waals surface area (Å²) in [6.07, 6.45) is 3.45. The standard InChI is InChI=1S/C61H74F2N9O13PS2/c1-5-69-27-25-42-18-19-49(72(42)59(80)47(35-69)67-56(77)51-33-39-32-41(17-21-50(39)87-51)61(62,63)86(81,82)83)55(76)65-45(26-30-88(64,84)85)53(74)66-46(31-37-13-15-40(16-14-37)60(2,3)4)58(79)70-28-23-36(24-29-70)9-6-7-10-38-11-8-12-43-44(38)34-71(57(43)78)48-20-22-52(73)68-54(48)75/h8,11-17,21,32-33,36,42,45-49H,5-6,9,18-20,22-31,34-35H2,1-4H3,(H,65,76)(H,66,74)(H,67,77)(H2,64,84,85)(H,68,73,75)(H2,81,82,83)/t42-,45+,46+,47+,48?,49+/m1/s1. The maximum atomic E-state index is 14.8. The van der Waals surface area contributed by atoms with Gasteiger partial charge in [0.1, 0.15) is 30.2 Å². The molecule has 27 heteroatoms. The molecule has 0 bridgehead atoms. The van der Waals surface area contributed by atoms with E-state index in [0.29, 0.717) is 74.1 Å². The van der Waals surface area contributed by atoms with Crippen molar-refractivity contribution in [2.45, 2.75) is 152 Å². The van der Waals surface area contributed by atoms with Gasteiger partial charge in [-0.3, -0.25) is 48.2 Å². The molecule has 4 aromatic rings. The summed E-state index contributed by atoms with van der Waals surface area (Å²) in [7, 11) is -10.1. The maximum absolute atomic E-state index is 14.8. The molecule has 6 atom stereocenters. The van der Waals surface area contributed by atoms with Gasteiger partial charge in [-0.15, -0.1) is 11.3 Å². The smallest absolute Gasteiger partial charge is 0.342 e. The average Bonchev–Trinajstić information content (AvgIpc) is 2.64. The van der Waals surface area contributed by atoms with Crippen molar-refractivity contribution in [2.75, 3.05) is 38.5 Å². The molecule has 3 aromatic carbocycles. The summed E-state index contributed by atoms with van der Waals surface area (Å²) in [6.45, 7) is 10.0. The quantitative estimate of drug-likeness (QED) is 0.0415. The molecular formula is C61H74F2N9O13PS2. The Morgan fingerprint density at radius 1 is 0.898 bits per heavy atom. The SMILES string of the molecule is CCN1CC[C@H]2CC[C@@H](C(=O)N[C@@H](CCS(N)(=O)=O)C(=O)N[C@@H](Cc3ccc(C(C)(C)C)cc3)C(=O)N3CCC(CCC#Cc4cccc5c4CN(C4CCC(=O)NC4=O)C5=O)CC3)N2C(=O)[C@@H](NC(=O)c2cc3cc(C(F)(F)P(=O)(O)O)ccc3s2)C1. The summed E-state index contributed by atoms with van der Waals surface area (Å²) in [4.78, 5) is 136. The van der Waals surface area contributed by atoms with Crippen LogP contribution in [-0.2, 0) is 67.4 Å². The number of benzene rings is 3. The molecule has 0 saturated carbocycles. The molecule has 1 unspecified atom stereocenters. The van der Waals surface area contributed by atoms with E-state index >= 15 is 0 Å². The van der Waals surface area contributed by atoms with Crippen LogP contribution >= 0.6 is 18.9 Å². The van der Waals surface area contributed by atoms with E-state index in [4.69, 9.17) is 5.14 Å². The van der Waals surface area contributed by atoms with Gasteiger partial charge in [-0.2, -0.15) is 8.78 Å². The third-order valence-corrected chi connectivity index (χ3v) is 20.3. The van der Waals surface area contributed by atoms with Crippen LogP contribution in [0.1, 0.15) is 140 Å². The van der Waals surface area contributed by atoms with E-state index in [1.807, 2.05) is 42.2 Å². The zero-order valence-electron chi connectivity index (χ0n) is 49.4. The van der Waals surface area contributed by atoms with Crippen LogP contribution < -0.4 is 26.4 Å². The van der Waals surface area contributed by atoms with Crippen LogP contribution in [0.25, 0.3) is 10.1 Å². The number of piperidine rings is 2. The molecule has 1 aromatic heterocycles. The second-order valence-corrected chi connectivity index (χ2v) is 28.9. The van der Waals surface area contributed by atoms with Crippen molar-refractivity contribution in [2.24, 2.45) is 11.1 Å². The second-order valence-electron chi connectivity index (χ2n) is 24.4. The lowest BCUT2D eigenvalue weighted by Crippen LogP contribution is -2.62. The Morgan fingerprint density at radius 2 is 1.61 bits per heavy atom. The molecular weight excluding hydrogens is 1200 g/mol. The molecule has 8 N–H and O–H groups in total. The Labute approximate surface area is 513 Å². The second kappa shape index (κ2) is 26.6. The molecule has 0 aliphatic carbocycles. The number of hydrogen-bond acceptors (Lipinski definition) is 13. The number of likely N-dealkylation sites (N-methyl/N-ethyl adjacent to an activating group) is 1. The molecule has 22 nitrogen and oxygen atoms in total. The Kier molecular flexibility index (Phi) is 19.8. The van der Waals surface area contributed by atoms with E-state index in [-0.39, 0.29) is 78.1 Å². The van der Waals surface area contributed by atoms with Crippen LogP contribution in [0, 0.1) is 17.8 Å². The lowest BCUT2D eigenvalue weighted by atomic mass is 9.86. The van der Waals surface area contributed by atoms with Crippen molar-refractivity contribution in [1.82, 2.24) is 40.9 Å². The van der Waals surface area contributed by atoms with Gasteiger partial charge in [0.05, 0.1) is 10.6 Å². The minimum Gasteiger partial charge on any atom is -0.342 e. The lowest BCUT2D eigenvalue weighted by molar-refractivity contribution is -0.144. The highest BCUT2D eigenvalue weighted by Crippen LogP contribution is 2.59. The molecule has 88 heavy (non-hydrogen) atoms. The van der Waals surface area contributed by atoms with Gasteiger partial charge in [-0.05, 0) is 122 Å². The number of thiophene rings is 1. The number of fused-ring (bicyclic) bond motifs is 3. The first-order chi connectivity index (χ1) is 41.5. The number of carbonyl (C=O) groups excluding carboxylic acids is 8. The number of carbonyl (C=O) groups is 8. The fourth-order valence-corrected chi connectivity index (χ4v) is 14.3. The number of nitrogens with two attached hydrogens (primary N) is 1. The first-order valence-corrected chi connectivity index (χ1v) is 33.7. The number of nitrogens with zero attached hydrogens (tertiary/aromatic N) is 4.